The molecule has 1 N–H and O–H groups in total. The molecule has 2 saturated heterocycles. The number of aromatic nitrogens is 1. The van der Waals surface area contributed by atoms with Gasteiger partial charge in [-0.3, -0.25) is 14.7 Å². The van der Waals surface area contributed by atoms with Crippen molar-refractivity contribution in [3.63, 3.8) is 0 Å². The van der Waals surface area contributed by atoms with Gasteiger partial charge in [0.05, 0.1) is 17.6 Å². The number of carbonyl (C=O) groups is 1. The van der Waals surface area contributed by atoms with E-state index in [0.717, 1.165) is 31.6 Å². The molecule has 172 valence electrons. The molecule has 0 saturated carbocycles. The van der Waals surface area contributed by atoms with Gasteiger partial charge in [0, 0.05) is 43.3 Å². The first-order valence-electron chi connectivity index (χ1n) is 11.7. The van der Waals surface area contributed by atoms with E-state index in [2.05, 4.69) is 59.9 Å². The molecule has 0 radical (unpaired) electrons. The standard InChI is InChI=1S/C26H36N4O2/c1-18-16-29(17-19(2)28(18)5)23-9-7-6-8-20(23)14-21-12-13-30(25(21)31)22-10-11-24(27-15-22)26(3,4)32/h6-11,15,18-19,21,32H,12-14,16-17H2,1-5H3/t18-,19?,21?/m1/s1. The summed E-state index contributed by atoms with van der Waals surface area (Å²) in [5.74, 6) is 0.144. The Balaban J connectivity index is 1.48. The average molecular weight is 437 g/mol. The van der Waals surface area contributed by atoms with Gasteiger partial charge in [0.25, 0.3) is 0 Å². The number of piperazine rings is 1. The summed E-state index contributed by atoms with van der Waals surface area (Å²) >= 11 is 0. The number of aliphatic hydroxyl groups is 1. The summed E-state index contributed by atoms with van der Waals surface area (Å²) in [4.78, 5) is 24.4. The van der Waals surface area contributed by atoms with Gasteiger partial charge in [-0.25, -0.2) is 0 Å². The number of amides is 1. The highest BCUT2D eigenvalue weighted by Crippen LogP contribution is 2.32. The molecule has 0 spiro atoms. The van der Waals surface area contributed by atoms with Crippen LogP contribution in [0.3, 0.4) is 0 Å². The van der Waals surface area contributed by atoms with E-state index in [1.54, 1.807) is 26.1 Å². The fourth-order valence-corrected chi connectivity index (χ4v) is 4.95. The SMILES string of the molecule is CC1CN(c2ccccc2CC2CCN(c3ccc(C(C)(C)O)nc3)C2=O)C[C@@H](C)N1C. The van der Waals surface area contributed by atoms with E-state index < -0.39 is 5.60 Å². The molecular weight excluding hydrogens is 400 g/mol. The van der Waals surface area contributed by atoms with Crippen molar-refractivity contribution in [2.45, 2.75) is 58.2 Å². The fraction of sp³-hybridized carbons (Fsp3) is 0.538. The van der Waals surface area contributed by atoms with Gasteiger partial charge in [0.2, 0.25) is 5.91 Å². The molecule has 2 fully saturated rings. The number of hydrogen-bond acceptors (Lipinski definition) is 5. The molecule has 1 aromatic heterocycles. The maximum atomic E-state index is 13.3. The van der Waals surface area contributed by atoms with Crippen LogP contribution in [0.15, 0.2) is 42.6 Å². The van der Waals surface area contributed by atoms with Crippen molar-refractivity contribution in [1.29, 1.82) is 0 Å². The number of pyridine rings is 1. The van der Waals surface area contributed by atoms with Crippen LogP contribution in [0.5, 0.6) is 0 Å². The van der Waals surface area contributed by atoms with Crippen molar-refractivity contribution in [3.8, 4) is 0 Å². The van der Waals surface area contributed by atoms with Crippen LogP contribution in [-0.2, 0) is 16.8 Å². The van der Waals surface area contributed by atoms with E-state index in [0.29, 0.717) is 24.3 Å². The number of anilines is 2. The van der Waals surface area contributed by atoms with Gasteiger partial charge in [-0.05, 0) is 71.3 Å². The van der Waals surface area contributed by atoms with Gasteiger partial charge in [-0.1, -0.05) is 18.2 Å². The van der Waals surface area contributed by atoms with Crippen LogP contribution in [0, 0.1) is 5.92 Å². The summed E-state index contributed by atoms with van der Waals surface area (Å²) in [6, 6.07) is 13.3. The smallest absolute Gasteiger partial charge is 0.230 e. The van der Waals surface area contributed by atoms with E-state index in [1.165, 1.54) is 11.3 Å². The average Bonchev–Trinajstić information content (AvgIpc) is 3.11. The van der Waals surface area contributed by atoms with Gasteiger partial charge in [-0.15, -0.1) is 0 Å². The summed E-state index contributed by atoms with van der Waals surface area (Å²) in [6.07, 6.45) is 3.31. The molecule has 6 nitrogen and oxygen atoms in total. The topological polar surface area (TPSA) is 59.9 Å². The molecule has 3 heterocycles. The first-order valence-corrected chi connectivity index (χ1v) is 11.7. The lowest BCUT2D eigenvalue weighted by atomic mass is 9.95. The molecule has 0 bridgehead atoms. The van der Waals surface area contributed by atoms with E-state index in [9.17, 15) is 9.90 Å². The second kappa shape index (κ2) is 8.83. The van der Waals surface area contributed by atoms with Crippen molar-refractivity contribution < 1.29 is 9.90 Å². The zero-order valence-corrected chi connectivity index (χ0v) is 20.0. The summed E-state index contributed by atoms with van der Waals surface area (Å²) in [6.45, 7) is 10.7. The van der Waals surface area contributed by atoms with Gasteiger partial charge < -0.3 is 14.9 Å². The lowest BCUT2D eigenvalue weighted by molar-refractivity contribution is -0.120. The maximum Gasteiger partial charge on any atom is 0.230 e. The molecule has 0 aliphatic carbocycles. The second-order valence-corrected chi connectivity index (χ2v) is 10.0. The molecule has 2 aromatic rings. The highest BCUT2D eigenvalue weighted by Gasteiger charge is 2.34. The fourth-order valence-electron chi connectivity index (χ4n) is 4.95. The second-order valence-electron chi connectivity index (χ2n) is 10.0. The minimum absolute atomic E-state index is 0.0209. The molecular formula is C26H36N4O2. The van der Waals surface area contributed by atoms with E-state index in [4.69, 9.17) is 0 Å². The Morgan fingerprint density at radius 2 is 1.78 bits per heavy atom. The first-order chi connectivity index (χ1) is 15.1. The molecule has 6 heteroatoms. The molecule has 3 atom stereocenters. The minimum atomic E-state index is -0.988. The Morgan fingerprint density at radius 3 is 2.41 bits per heavy atom. The normalized spacial score (nSPS) is 24.9. The summed E-state index contributed by atoms with van der Waals surface area (Å²) in [7, 11) is 2.20. The molecule has 1 aromatic carbocycles. The zero-order valence-electron chi connectivity index (χ0n) is 20.0. The van der Waals surface area contributed by atoms with Gasteiger partial charge in [0.1, 0.15) is 5.60 Å². The number of para-hydroxylation sites is 1. The third kappa shape index (κ3) is 4.52. The van der Waals surface area contributed by atoms with Crippen LogP contribution in [0.4, 0.5) is 11.4 Å². The Morgan fingerprint density at radius 1 is 1.09 bits per heavy atom. The Hall–Kier alpha value is -2.44. The maximum absolute atomic E-state index is 13.3. The Kier molecular flexibility index (Phi) is 6.28. The molecule has 2 aliphatic rings. The third-order valence-corrected chi connectivity index (χ3v) is 7.16. The number of hydrogen-bond donors (Lipinski definition) is 1. The summed E-state index contributed by atoms with van der Waals surface area (Å²) in [5, 5.41) is 10.1. The number of rotatable bonds is 5. The highest BCUT2D eigenvalue weighted by molar-refractivity contribution is 5.97. The molecule has 4 rings (SSSR count). The Labute approximate surface area is 191 Å². The zero-order chi connectivity index (χ0) is 23.0. The number of likely N-dealkylation sites (N-methyl/N-ethyl adjacent to an activating group) is 1. The summed E-state index contributed by atoms with van der Waals surface area (Å²) in [5.41, 5.74) is 2.95. The van der Waals surface area contributed by atoms with Gasteiger partial charge >= 0.3 is 0 Å². The number of carbonyl (C=O) groups excluding carboxylic acids is 1. The van der Waals surface area contributed by atoms with Crippen LogP contribution in [-0.4, -0.2) is 59.7 Å². The monoisotopic (exact) mass is 436 g/mol. The molecule has 1 amide bonds. The van der Waals surface area contributed by atoms with Gasteiger partial charge in [-0.2, -0.15) is 0 Å². The minimum Gasteiger partial charge on any atom is -0.384 e. The largest absolute Gasteiger partial charge is 0.384 e. The first kappa shape index (κ1) is 22.7. The van der Waals surface area contributed by atoms with Crippen LogP contribution in [0.2, 0.25) is 0 Å². The van der Waals surface area contributed by atoms with Crippen molar-refractivity contribution >= 4 is 17.3 Å². The quantitative estimate of drug-likeness (QED) is 0.778. The number of benzene rings is 1. The van der Waals surface area contributed by atoms with Crippen molar-refractivity contribution in [3.05, 3.63) is 53.9 Å². The number of nitrogens with zero attached hydrogens (tertiary/aromatic N) is 4. The molecule has 2 aliphatic heterocycles. The predicted octanol–water partition coefficient (Wildman–Crippen LogP) is 3.43. The van der Waals surface area contributed by atoms with Crippen LogP contribution in [0.1, 0.15) is 45.4 Å². The Bertz CT molecular complexity index is 941. The van der Waals surface area contributed by atoms with E-state index >= 15 is 0 Å². The predicted molar refractivity (Wildman–Crippen MR) is 129 cm³/mol. The molecule has 32 heavy (non-hydrogen) atoms. The van der Waals surface area contributed by atoms with Crippen molar-refractivity contribution in [1.82, 2.24) is 9.88 Å². The van der Waals surface area contributed by atoms with Gasteiger partial charge in [0.15, 0.2) is 0 Å². The highest BCUT2D eigenvalue weighted by atomic mass is 16.3. The van der Waals surface area contributed by atoms with Crippen LogP contribution in [0.25, 0.3) is 0 Å². The van der Waals surface area contributed by atoms with Crippen molar-refractivity contribution in [2.75, 3.05) is 36.5 Å². The van der Waals surface area contributed by atoms with Crippen LogP contribution >= 0.6 is 0 Å². The van der Waals surface area contributed by atoms with E-state index in [-0.39, 0.29) is 11.8 Å². The van der Waals surface area contributed by atoms with E-state index in [1.807, 2.05) is 11.0 Å². The summed E-state index contributed by atoms with van der Waals surface area (Å²) < 4.78 is 0. The van der Waals surface area contributed by atoms with Crippen molar-refractivity contribution in [2.24, 2.45) is 5.92 Å². The third-order valence-electron chi connectivity index (χ3n) is 7.16. The van der Waals surface area contributed by atoms with Crippen LogP contribution < -0.4 is 9.80 Å². The lowest BCUT2D eigenvalue weighted by Crippen LogP contribution is -2.55. The molecule has 2 unspecified atom stereocenters. The lowest BCUT2D eigenvalue weighted by Gasteiger charge is -2.44.